The Balaban J connectivity index is 1.46. The minimum atomic E-state index is 0.0409. The molecule has 4 heterocycles. The topological polar surface area (TPSA) is 54.5 Å². The van der Waals surface area contributed by atoms with Crippen LogP contribution < -0.4 is 0 Å². The smallest absolute Gasteiger partial charge is 0.257 e. The predicted molar refractivity (Wildman–Crippen MR) is 89.6 cm³/mol. The van der Waals surface area contributed by atoms with E-state index >= 15 is 0 Å². The number of rotatable bonds is 4. The Morgan fingerprint density at radius 1 is 1.25 bits per heavy atom. The second-order valence-corrected chi connectivity index (χ2v) is 6.81. The number of amides is 1. The van der Waals surface area contributed by atoms with E-state index in [0.717, 1.165) is 18.7 Å². The van der Waals surface area contributed by atoms with Gasteiger partial charge in [0.15, 0.2) is 0 Å². The summed E-state index contributed by atoms with van der Waals surface area (Å²) in [5, 5.41) is 4.50. The Kier molecular flexibility index (Phi) is 4.38. The summed E-state index contributed by atoms with van der Waals surface area (Å²) in [6, 6.07) is 4.00. The van der Waals surface area contributed by atoms with E-state index in [4.69, 9.17) is 4.42 Å². The first-order chi connectivity index (χ1) is 11.8. The molecule has 0 saturated carbocycles. The van der Waals surface area contributed by atoms with Crippen molar-refractivity contribution in [3.63, 3.8) is 0 Å². The fraction of sp³-hybridized carbons (Fsp3) is 0.556. The molecule has 4 rings (SSSR count). The maximum absolute atomic E-state index is 12.7. The van der Waals surface area contributed by atoms with E-state index in [1.165, 1.54) is 38.6 Å². The largest absolute Gasteiger partial charge is 0.472 e. The first-order valence-corrected chi connectivity index (χ1v) is 8.87. The molecule has 2 aliphatic heterocycles. The number of nitrogens with zero attached hydrogens (tertiary/aromatic N) is 4. The molecule has 2 aromatic rings. The molecule has 1 saturated heterocycles. The molecule has 6 heteroatoms. The van der Waals surface area contributed by atoms with Gasteiger partial charge >= 0.3 is 0 Å². The highest BCUT2D eigenvalue weighted by atomic mass is 16.3. The van der Waals surface area contributed by atoms with Crippen LogP contribution in [-0.4, -0.2) is 51.7 Å². The van der Waals surface area contributed by atoms with Crippen molar-refractivity contribution in [3.8, 4) is 0 Å². The number of piperidine rings is 1. The van der Waals surface area contributed by atoms with Crippen molar-refractivity contribution in [3.05, 3.63) is 42.1 Å². The summed E-state index contributed by atoms with van der Waals surface area (Å²) in [6.45, 7) is 4.82. The minimum absolute atomic E-state index is 0.0409. The van der Waals surface area contributed by atoms with Gasteiger partial charge in [-0.05, 0) is 44.5 Å². The van der Waals surface area contributed by atoms with Crippen LogP contribution in [0.2, 0.25) is 0 Å². The maximum atomic E-state index is 12.7. The average molecular weight is 328 g/mol. The van der Waals surface area contributed by atoms with E-state index in [1.54, 1.807) is 12.3 Å². The molecule has 1 atom stereocenters. The number of hydrogen-bond donors (Lipinski definition) is 0. The molecule has 0 aliphatic carbocycles. The fourth-order valence-electron chi connectivity index (χ4n) is 3.84. The Morgan fingerprint density at radius 2 is 2.12 bits per heavy atom. The van der Waals surface area contributed by atoms with Crippen LogP contribution in [0.25, 0.3) is 0 Å². The second-order valence-electron chi connectivity index (χ2n) is 6.81. The van der Waals surface area contributed by atoms with Crippen LogP contribution in [0.3, 0.4) is 0 Å². The lowest BCUT2D eigenvalue weighted by Gasteiger charge is -2.35. The molecule has 0 N–H and O–H groups in total. The Hall–Kier alpha value is -2.08. The lowest BCUT2D eigenvalue weighted by atomic mass is 10.1. The van der Waals surface area contributed by atoms with Crippen molar-refractivity contribution in [2.75, 3.05) is 26.2 Å². The highest BCUT2D eigenvalue weighted by Crippen LogP contribution is 2.25. The van der Waals surface area contributed by atoms with Crippen molar-refractivity contribution in [1.82, 2.24) is 19.6 Å². The molecule has 1 unspecified atom stereocenters. The Labute approximate surface area is 142 Å². The molecular weight excluding hydrogens is 304 g/mol. The van der Waals surface area contributed by atoms with Crippen LogP contribution in [0.15, 0.2) is 35.3 Å². The van der Waals surface area contributed by atoms with Gasteiger partial charge in [0.05, 0.1) is 30.1 Å². The standard InChI is InChI=1S/C18H24N4O2/c23-18(15-6-11-24-14-15)21-12-16-4-7-19-22(16)17(13-21)5-10-20-8-2-1-3-9-20/h4,6-7,11,14,17H,1-3,5,8-10,12-13H2. The van der Waals surface area contributed by atoms with Gasteiger partial charge in [0, 0.05) is 19.3 Å². The van der Waals surface area contributed by atoms with Gasteiger partial charge in [-0.1, -0.05) is 6.42 Å². The van der Waals surface area contributed by atoms with E-state index in [9.17, 15) is 4.79 Å². The van der Waals surface area contributed by atoms with Crippen molar-refractivity contribution in [1.29, 1.82) is 0 Å². The van der Waals surface area contributed by atoms with Crippen LogP contribution in [0, 0.1) is 0 Å². The SMILES string of the molecule is O=C(c1ccoc1)N1Cc2ccnn2C(CCN2CCCCC2)C1. The summed E-state index contributed by atoms with van der Waals surface area (Å²) in [4.78, 5) is 17.1. The molecule has 1 amide bonds. The maximum Gasteiger partial charge on any atom is 0.257 e. The van der Waals surface area contributed by atoms with Gasteiger partial charge in [-0.25, -0.2) is 0 Å². The van der Waals surface area contributed by atoms with Gasteiger partial charge < -0.3 is 14.2 Å². The monoisotopic (exact) mass is 328 g/mol. The molecule has 2 aliphatic rings. The molecule has 6 nitrogen and oxygen atoms in total. The molecule has 24 heavy (non-hydrogen) atoms. The molecular formula is C18H24N4O2. The summed E-state index contributed by atoms with van der Waals surface area (Å²) in [5.74, 6) is 0.0409. The van der Waals surface area contributed by atoms with Crippen LogP contribution in [0.1, 0.15) is 47.8 Å². The molecule has 0 spiro atoms. The quantitative estimate of drug-likeness (QED) is 0.865. The molecule has 0 radical (unpaired) electrons. The molecule has 2 aromatic heterocycles. The molecule has 0 bridgehead atoms. The summed E-state index contributed by atoms with van der Waals surface area (Å²) in [6.07, 6.45) is 9.92. The third-order valence-electron chi connectivity index (χ3n) is 5.16. The minimum Gasteiger partial charge on any atom is -0.472 e. The summed E-state index contributed by atoms with van der Waals surface area (Å²) in [7, 11) is 0. The van der Waals surface area contributed by atoms with E-state index in [0.29, 0.717) is 18.7 Å². The van der Waals surface area contributed by atoms with Crippen molar-refractivity contribution >= 4 is 5.91 Å². The van der Waals surface area contributed by atoms with E-state index in [-0.39, 0.29) is 11.9 Å². The number of likely N-dealkylation sites (tertiary alicyclic amines) is 1. The zero-order chi connectivity index (χ0) is 16.4. The van der Waals surface area contributed by atoms with E-state index in [1.807, 2.05) is 17.2 Å². The zero-order valence-corrected chi connectivity index (χ0v) is 13.9. The predicted octanol–water partition coefficient (Wildman–Crippen LogP) is 2.55. The van der Waals surface area contributed by atoms with Gasteiger partial charge in [0.25, 0.3) is 5.91 Å². The highest BCUT2D eigenvalue weighted by molar-refractivity contribution is 5.93. The van der Waals surface area contributed by atoms with Crippen molar-refractivity contribution in [2.24, 2.45) is 0 Å². The number of hydrogen-bond acceptors (Lipinski definition) is 4. The number of fused-ring (bicyclic) bond motifs is 1. The molecule has 0 aromatic carbocycles. The summed E-state index contributed by atoms with van der Waals surface area (Å²) in [5.41, 5.74) is 1.74. The lowest BCUT2D eigenvalue weighted by molar-refractivity contribution is 0.0653. The summed E-state index contributed by atoms with van der Waals surface area (Å²) >= 11 is 0. The highest BCUT2D eigenvalue weighted by Gasteiger charge is 2.29. The first-order valence-electron chi connectivity index (χ1n) is 8.87. The number of carbonyl (C=O) groups excluding carboxylic acids is 1. The van der Waals surface area contributed by atoms with Crippen molar-refractivity contribution in [2.45, 2.75) is 38.3 Å². The number of aromatic nitrogens is 2. The molecule has 128 valence electrons. The van der Waals surface area contributed by atoms with E-state index in [2.05, 4.69) is 14.7 Å². The third kappa shape index (κ3) is 3.11. The van der Waals surface area contributed by atoms with Crippen LogP contribution >= 0.6 is 0 Å². The van der Waals surface area contributed by atoms with Gasteiger partial charge in [0.1, 0.15) is 6.26 Å². The van der Waals surface area contributed by atoms with E-state index < -0.39 is 0 Å². The fourth-order valence-corrected chi connectivity index (χ4v) is 3.84. The van der Waals surface area contributed by atoms with Crippen LogP contribution in [0.5, 0.6) is 0 Å². The Bertz CT molecular complexity index is 673. The van der Waals surface area contributed by atoms with Gasteiger partial charge in [-0.3, -0.25) is 9.48 Å². The van der Waals surface area contributed by atoms with Crippen LogP contribution in [0.4, 0.5) is 0 Å². The number of carbonyl (C=O) groups is 1. The second kappa shape index (κ2) is 6.81. The zero-order valence-electron chi connectivity index (χ0n) is 13.9. The molecule has 1 fully saturated rings. The normalized spacial score (nSPS) is 21.7. The lowest BCUT2D eigenvalue weighted by Crippen LogP contribution is -2.42. The van der Waals surface area contributed by atoms with Gasteiger partial charge in [0.2, 0.25) is 0 Å². The van der Waals surface area contributed by atoms with Gasteiger partial charge in [-0.2, -0.15) is 5.10 Å². The van der Waals surface area contributed by atoms with Gasteiger partial charge in [-0.15, -0.1) is 0 Å². The first kappa shape index (κ1) is 15.4. The third-order valence-corrected chi connectivity index (χ3v) is 5.16. The van der Waals surface area contributed by atoms with Crippen molar-refractivity contribution < 1.29 is 9.21 Å². The Morgan fingerprint density at radius 3 is 2.92 bits per heavy atom. The average Bonchev–Trinajstić information content (AvgIpc) is 3.31. The number of furan rings is 1. The summed E-state index contributed by atoms with van der Waals surface area (Å²) < 4.78 is 7.18. The van der Waals surface area contributed by atoms with Crippen LogP contribution in [-0.2, 0) is 6.54 Å².